The normalized spacial score (nSPS) is 15.8. The molecule has 5 heterocycles. The predicted octanol–water partition coefficient (Wildman–Crippen LogP) is 7.73. The van der Waals surface area contributed by atoms with Crippen molar-refractivity contribution >= 4 is 21.9 Å². The van der Waals surface area contributed by atoms with Crippen molar-refractivity contribution in [3.05, 3.63) is 84.6 Å². The zero-order valence-electron chi connectivity index (χ0n) is 26.6. The van der Waals surface area contributed by atoms with E-state index < -0.39 is 0 Å². The van der Waals surface area contributed by atoms with Gasteiger partial charge in [0.25, 0.3) is 0 Å². The summed E-state index contributed by atoms with van der Waals surface area (Å²) in [5.74, 6) is 1.04. The number of rotatable bonds is 11. The summed E-state index contributed by atoms with van der Waals surface area (Å²) in [5.41, 5.74) is 8.21. The lowest BCUT2D eigenvalue weighted by Crippen LogP contribution is -2.25. The van der Waals surface area contributed by atoms with Gasteiger partial charge in [-0.2, -0.15) is 5.10 Å². The second kappa shape index (κ2) is 13.3. The Morgan fingerprint density at radius 1 is 0.894 bits per heavy atom. The van der Waals surface area contributed by atoms with E-state index in [9.17, 15) is 4.39 Å². The third-order valence-electron chi connectivity index (χ3n) is 9.77. The number of aromatic nitrogens is 5. The second-order valence-electron chi connectivity index (χ2n) is 13.1. The summed E-state index contributed by atoms with van der Waals surface area (Å²) >= 11 is 0. The molecule has 2 aromatic carbocycles. The van der Waals surface area contributed by atoms with E-state index >= 15 is 0 Å². The van der Waals surface area contributed by atoms with E-state index in [-0.39, 0.29) is 5.82 Å². The quantitative estimate of drug-likeness (QED) is 0.136. The number of benzene rings is 2. The highest BCUT2D eigenvalue weighted by Crippen LogP contribution is 2.36. The van der Waals surface area contributed by atoms with Crippen molar-refractivity contribution < 1.29 is 9.13 Å². The molecule has 4 aromatic heterocycles. The molecule has 1 aliphatic heterocycles. The Balaban J connectivity index is 1.05. The molecule has 0 amide bonds. The third-order valence-corrected chi connectivity index (χ3v) is 9.77. The van der Waals surface area contributed by atoms with Crippen LogP contribution in [0.4, 0.5) is 4.39 Å². The molecule has 6 aromatic rings. The molecule has 3 N–H and O–H groups in total. The minimum absolute atomic E-state index is 0.312. The predicted molar refractivity (Wildman–Crippen MR) is 185 cm³/mol. The molecule has 2 fully saturated rings. The summed E-state index contributed by atoms with van der Waals surface area (Å²) in [5, 5.41) is 13.2. The maximum Gasteiger partial charge on any atom is 0.181 e. The van der Waals surface area contributed by atoms with Gasteiger partial charge in [-0.1, -0.05) is 25.0 Å². The van der Waals surface area contributed by atoms with Crippen molar-refractivity contribution in [2.75, 3.05) is 32.8 Å². The number of hydrogen-bond acceptors (Lipinski definition) is 6. The Morgan fingerprint density at radius 2 is 1.77 bits per heavy atom. The first-order valence-electron chi connectivity index (χ1n) is 16.9. The highest BCUT2D eigenvalue weighted by Gasteiger charge is 2.17. The fourth-order valence-electron chi connectivity index (χ4n) is 7.28. The minimum atomic E-state index is -0.312. The van der Waals surface area contributed by atoms with E-state index in [0.29, 0.717) is 18.0 Å². The number of nitrogens with zero attached hydrogens (tertiary/aromatic N) is 4. The number of likely N-dealkylation sites (tertiary alicyclic amines) is 1. The first-order valence-corrected chi connectivity index (χ1v) is 16.9. The Bertz CT molecular complexity index is 2000. The van der Waals surface area contributed by atoms with Crippen LogP contribution in [0.5, 0.6) is 5.75 Å². The maximum atomic E-state index is 14.8. The summed E-state index contributed by atoms with van der Waals surface area (Å²) in [6, 6.07) is 17.4. The van der Waals surface area contributed by atoms with E-state index in [2.05, 4.69) is 53.6 Å². The minimum Gasteiger partial charge on any atom is -0.492 e. The number of pyridine rings is 2. The zero-order valence-corrected chi connectivity index (χ0v) is 26.6. The van der Waals surface area contributed by atoms with Crippen molar-refractivity contribution in [1.82, 2.24) is 35.4 Å². The molecule has 240 valence electrons. The summed E-state index contributed by atoms with van der Waals surface area (Å²) in [6.45, 7) is 5.50. The van der Waals surface area contributed by atoms with Gasteiger partial charge in [0, 0.05) is 65.2 Å². The average Bonchev–Trinajstić information content (AvgIpc) is 3.91. The first-order chi connectivity index (χ1) is 23.2. The lowest BCUT2D eigenvalue weighted by Gasteiger charge is -2.15. The Hall–Kier alpha value is -4.60. The van der Waals surface area contributed by atoms with Crippen LogP contribution in [0.2, 0.25) is 0 Å². The van der Waals surface area contributed by atoms with E-state index in [4.69, 9.17) is 4.74 Å². The topological polar surface area (TPSA) is 94.8 Å². The van der Waals surface area contributed by atoms with Gasteiger partial charge in [-0.15, -0.1) is 0 Å². The van der Waals surface area contributed by atoms with Gasteiger partial charge in [0.2, 0.25) is 0 Å². The van der Waals surface area contributed by atoms with E-state index in [0.717, 1.165) is 94.1 Å². The molecule has 0 atom stereocenters. The largest absolute Gasteiger partial charge is 0.492 e. The van der Waals surface area contributed by atoms with E-state index in [1.54, 1.807) is 6.07 Å². The molecule has 0 radical (unpaired) electrons. The van der Waals surface area contributed by atoms with E-state index in [1.807, 2.05) is 42.9 Å². The molecule has 0 unspecified atom stereocenters. The SMILES string of the molecule is Fc1cc(OCCN2CCCC2)cc(-c2cccc3[nH]c(-c4[nH]nc5ncc(-c6cncc(CNCC7CCCC7)c6)cc45)cc23)c1. The molecule has 2 aliphatic rings. The van der Waals surface area contributed by atoms with Gasteiger partial charge in [-0.25, -0.2) is 9.37 Å². The van der Waals surface area contributed by atoms with Crippen molar-refractivity contribution in [3.63, 3.8) is 0 Å². The van der Waals surface area contributed by atoms with Crippen molar-refractivity contribution in [2.24, 2.45) is 5.92 Å². The molecule has 8 rings (SSSR count). The number of nitrogens with one attached hydrogen (secondary N) is 3. The highest BCUT2D eigenvalue weighted by molar-refractivity contribution is 6.01. The number of halogens is 1. The molecule has 8 nitrogen and oxygen atoms in total. The Kier molecular flexibility index (Phi) is 8.40. The second-order valence-corrected chi connectivity index (χ2v) is 13.1. The van der Waals surface area contributed by atoms with Gasteiger partial charge in [-0.05, 0) is 104 Å². The monoisotopic (exact) mass is 629 g/mol. The van der Waals surface area contributed by atoms with Gasteiger partial charge in [-0.3, -0.25) is 15.0 Å². The molecule has 1 saturated carbocycles. The van der Waals surface area contributed by atoms with Crippen molar-refractivity contribution in [1.29, 1.82) is 0 Å². The smallest absolute Gasteiger partial charge is 0.181 e. The molecule has 0 spiro atoms. The lowest BCUT2D eigenvalue weighted by molar-refractivity contribution is 0.237. The maximum absolute atomic E-state index is 14.8. The fraction of sp³-hybridized carbons (Fsp3) is 0.342. The third kappa shape index (κ3) is 6.50. The molecular formula is C38H40FN7O. The van der Waals surface area contributed by atoms with Gasteiger partial charge >= 0.3 is 0 Å². The Labute approximate surface area is 273 Å². The zero-order chi connectivity index (χ0) is 31.6. The summed E-state index contributed by atoms with van der Waals surface area (Å²) in [7, 11) is 0. The van der Waals surface area contributed by atoms with Crippen molar-refractivity contribution in [2.45, 2.75) is 45.1 Å². The molecule has 1 saturated heterocycles. The molecular weight excluding hydrogens is 589 g/mol. The van der Waals surface area contributed by atoms with Crippen LogP contribution >= 0.6 is 0 Å². The summed E-state index contributed by atoms with van der Waals surface area (Å²) < 4.78 is 20.9. The first kappa shape index (κ1) is 29.8. The van der Waals surface area contributed by atoms with Crippen LogP contribution in [0.15, 0.2) is 73.2 Å². The number of H-pyrrole nitrogens is 2. The highest BCUT2D eigenvalue weighted by atomic mass is 19.1. The van der Waals surface area contributed by atoms with Crippen molar-refractivity contribution in [3.8, 4) is 39.4 Å². The van der Waals surface area contributed by atoms with Gasteiger partial charge in [0.05, 0.1) is 11.4 Å². The van der Waals surface area contributed by atoms with Crippen LogP contribution in [-0.4, -0.2) is 62.8 Å². The summed E-state index contributed by atoms with van der Waals surface area (Å²) in [4.78, 5) is 15.2. The van der Waals surface area contributed by atoms with Crippen LogP contribution in [-0.2, 0) is 6.54 Å². The Morgan fingerprint density at radius 3 is 2.66 bits per heavy atom. The van der Waals surface area contributed by atoms with Gasteiger partial charge in [0.15, 0.2) is 5.65 Å². The van der Waals surface area contributed by atoms with E-state index in [1.165, 1.54) is 44.6 Å². The van der Waals surface area contributed by atoms with Gasteiger partial charge < -0.3 is 15.0 Å². The fourth-order valence-corrected chi connectivity index (χ4v) is 7.28. The van der Waals surface area contributed by atoms with Crippen LogP contribution < -0.4 is 10.1 Å². The number of fused-ring (bicyclic) bond motifs is 2. The molecule has 1 aliphatic carbocycles. The molecule has 9 heteroatoms. The standard InChI is InChI=1S/C38H40FN7O/c39-30-15-27(16-31(18-30)47-13-12-46-10-3-4-11-46)32-8-5-9-35-33(32)19-36(43-35)37-34-17-29(24-42-38(34)45-44-37)28-14-26(22-41-23-28)21-40-20-25-6-1-2-7-25/h5,8-9,14-19,22-25,40,43H,1-4,6-7,10-13,20-21H2,(H,42,44,45). The number of aromatic amines is 2. The van der Waals surface area contributed by atoms with Crippen LogP contribution in [0, 0.1) is 11.7 Å². The van der Waals surface area contributed by atoms with Crippen LogP contribution in [0.3, 0.4) is 0 Å². The van der Waals surface area contributed by atoms with Gasteiger partial charge in [0.1, 0.15) is 18.2 Å². The number of hydrogen-bond donors (Lipinski definition) is 3. The average molecular weight is 630 g/mol. The summed E-state index contributed by atoms with van der Waals surface area (Å²) in [6.07, 6.45) is 13.5. The molecule has 47 heavy (non-hydrogen) atoms. The molecule has 0 bridgehead atoms. The van der Waals surface area contributed by atoms with Crippen LogP contribution in [0.1, 0.15) is 44.1 Å². The number of ether oxygens (including phenoxy) is 1. The lowest BCUT2D eigenvalue weighted by atomic mass is 10.0. The van der Waals surface area contributed by atoms with Crippen LogP contribution in [0.25, 0.3) is 55.6 Å².